The van der Waals surface area contributed by atoms with Crippen molar-refractivity contribution in [3.63, 3.8) is 0 Å². The van der Waals surface area contributed by atoms with E-state index in [1.54, 1.807) is 0 Å². The number of hydrogen-bond acceptors (Lipinski definition) is 16. The summed E-state index contributed by atoms with van der Waals surface area (Å²) in [6, 6.07) is 0. The van der Waals surface area contributed by atoms with Crippen LogP contribution in [0.15, 0.2) is 0 Å². The Kier molecular flexibility index (Phi) is 9.18. The SMILES string of the molecule is OC[C@@H]1O[C@H](O[C@@H]2[C@H](O)[C@@H](CO)O[C@]2(CO)O[C@@H]2O[C@H](CO)[C@@H](O)[C@H](O)[C@H]2O)[C@H](O)[C@@H](O)[C@@H]1O. The van der Waals surface area contributed by atoms with Crippen molar-refractivity contribution in [3.05, 3.63) is 0 Å². The van der Waals surface area contributed by atoms with Crippen LogP contribution in [0, 0.1) is 0 Å². The maximum Gasteiger partial charge on any atom is 0.224 e. The monoisotopic (exact) mass is 504 g/mol. The Hall–Kier alpha value is -0.640. The Morgan fingerprint density at radius 2 is 1.03 bits per heavy atom. The molecule has 0 aromatic rings. The van der Waals surface area contributed by atoms with E-state index >= 15 is 0 Å². The number of aliphatic hydroxyl groups is 11. The maximum absolute atomic E-state index is 10.6. The standard InChI is InChI=1S/C18H32O16/c19-1-5-8(23)11(26)13(28)16(30-5)32-15-10(25)7(3-21)33-18(15,4-22)34-17-14(29)12(27)9(24)6(2-20)31-17/h5-17,19-29H,1-4H2/t5-,6+,7+,8+,9+,10+,11-,12-,13+,14+,15+,16+,17-,18+/m0/s1. The first-order valence-electron chi connectivity index (χ1n) is 10.6. The van der Waals surface area contributed by atoms with Gasteiger partial charge in [0, 0.05) is 0 Å². The first-order chi connectivity index (χ1) is 16.0. The van der Waals surface area contributed by atoms with Crippen LogP contribution >= 0.6 is 0 Å². The number of hydrogen-bond donors (Lipinski definition) is 11. The smallest absolute Gasteiger partial charge is 0.224 e. The lowest BCUT2D eigenvalue weighted by atomic mass is 9.98. The van der Waals surface area contributed by atoms with E-state index in [1.807, 2.05) is 0 Å². The molecule has 3 aliphatic rings. The van der Waals surface area contributed by atoms with E-state index < -0.39 is 112 Å². The van der Waals surface area contributed by atoms with Crippen molar-refractivity contribution in [1.29, 1.82) is 0 Å². The molecule has 34 heavy (non-hydrogen) atoms. The molecule has 0 saturated carbocycles. The van der Waals surface area contributed by atoms with E-state index in [1.165, 1.54) is 0 Å². The molecule has 0 unspecified atom stereocenters. The fourth-order valence-corrected chi connectivity index (χ4v) is 4.12. The zero-order chi connectivity index (χ0) is 25.4. The van der Waals surface area contributed by atoms with Crippen LogP contribution < -0.4 is 0 Å². The van der Waals surface area contributed by atoms with Crippen molar-refractivity contribution < 1.29 is 79.9 Å². The van der Waals surface area contributed by atoms with Crippen LogP contribution in [-0.4, -0.2) is 168 Å². The molecular formula is C18H32O16. The molecule has 0 aromatic carbocycles. The van der Waals surface area contributed by atoms with Crippen molar-refractivity contribution in [2.75, 3.05) is 26.4 Å². The largest absolute Gasteiger partial charge is 0.394 e. The number of ether oxygens (including phenoxy) is 5. The molecule has 0 radical (unpaired) electrons. The molecule has 0 aliphatic carbocycles. The highest BCUT2D eigenvalue weighted by Crippen LogP contribution is 2.39. The summed E-state index contributed by atoms with van der Waals surface area (Å²) in [5, 5.41) is 109. The highest BCUT2D eigenvalue weighted by molar-refractivity contribution is 5.01. The summed E-state index contributed by atoms with van der Waals surface area (Å²) in [6.45, 7) is -3.49. The molecule has 0 bridgehead atoms. The molecule has 11 N–H and O–H groups in total. The van der Waals surface area contributed by atoms with E-state index in [-0.39, 0.29) is 0 Å². The first-order valence-corrected chi connectivity index (χ1v) is 10.6. The molecule has 3 rings (SSSR count). The summed E-state index contributed by atoms with van der Waals surface area (Å²) in [6.07, 6.45) is -22.3. The van der Waals surface area contributed by atoms with Crippen LogP contribution in [0.1, 0.15) is 0 Å². The minimum absolute atomic E-state index is 0.777. The van der Waals surface area contributed by atoms with Crippen molar-refractivity contribution in [1.82, 2.24) is 0 Å². The highest BCUT2D eigenvalue weighted by Gasteiger charge is 2.61. The van der Waals surface area contributed by atoms with Crippen LogP contribution in [0.5, 0.6) is 0 Å². The predicted molar refractivity (Wildman–Crippen MR) is 101 cm³/mol. The first kappa shape index (κ1) is 27.9. The van der Waals surface area contributed by atoms with Gasteiger partial charge in [-0.15, -0.1) is 0 Å². The topological polar surface area (TPSA) is 269 Å². The number of rotatable bonds is 8. The Morgan fingerprint density at radius 1 is 0.559 bits per heavy atom. The molecule has 3 fully saturated rings. The summed E-state index contributed by atoms with van der Waals surface area (Å²) in [5.41, 5.74) is 0. The van der Waals surface area contributed by atoms with E-state index in [0.717, 1.165) is 0 Å². The van der Waals surface area contributed by atoms with Crippen molar-refractivity contribution >= 4 is 0 Å². The fourth-order valence-electron chi connectivity index (χ4n) is 4.12. The molecule has 3 aliphatic heterocycles. The van der Waals surface area contributed by atoms with E-state index in [0.29, 0.717) is 0 Å². The molecule has 0 spiro atoms. The second kappa shape index (κ2) is 11.2. The quantitative estimate of drug-likeness (QED) is 0.146. The van der Waals surface area contributed by atoms with Crippen molar-refractivity contribution in [3.8, 4) is 0 Å². The Bertz CT molecular complexity index is 651. The van der Waals surface area contributed by atoms with Crippen LogP contribution in [0.25, 0.3) is 0 Å². The Morgan fingerprint density at radius 3 is 1.50 bits per heavy atom. The van der Waals surface area contributed by atoms with E-state index in [4.69, 9.17) is 23.7 Å². The van der Waals surface area contributed by atoms with E-state index in [2.05, 4.69) is 0 Å². The van der Waals surface area contributed by atoms with E-state index in [9.17, 15) is 56.2 Å². The third-order valence-electron chi connectivity index (χ3n) is 6.17. The van der Waals surface area contributed by atoms with Crippen LogP contribution in [0.4, 0.5) is 0 Å². The average molecular weight is 504 g/mol. The fraction of sp³-hybridized carbons (Fsp3) is 1.00. The minimum atomic E-state index is -2.43. The summed E-state index contributed by atoms with van der Waals surface area (Å²) < 4.78 is 27.0. The van der Waals surface area contributed by atoms with Gasteiger partial charge in [0.25, 0.3) is 0 Å². The van der Waals surface area contributed by atoms with Crippen molar-refractivity contribution in [2.45, 2.75) is 85.5 Å². The van der Waals surface area contributed by atoms with Gasteiger partial charge in [0.1, 0.15) is 73.8 Å². The van der Waals surface area contributed by atoms with Gasteiger partial charge < -0.3 is 79.9 Å². The molecule has 0 amide bonds. The lowest BCUT2D eigenvalue weighted by molar-refractivity contribution is -0.400. The second-order valence-electron chi connectivity index (χ2n) is 8.37. The molecule has 200 valence electrons. The normalized spacial score (nSPS) is 52.1. The summed E-state index contributed by atoms with van der Waals surface area (Å²) in [5.74, 6) is -2.43. The Balaban J connectivity index is 1.87. The van der Waals surface area contributed by atoms with Crippen LogP contribution in [-0.2, 0) is 23.7 Å². The van der Waals surface area contributed by atoms with Gasteiger partial charge >= 0.3 is 0 Å². The number of aliphatic hydroxyl groups excluding tert-OH is 11. The third-order valence-corrected chi connectivity index (χ3v) is 6.17. The zero-order valence-corrected chi connectivity index (χ0v) is 17.8. The molecule has 3 heterocycles. The zero-order valence-electron chi connectivity index (χ0n) is 17.8. The summed E-state index contributed by atoms with van der Waals surface area (Å²) in [7, 11) is 0. The van der Waals surface area contributed by atoms with Gasteiger partial charge in [-0.1, -0.05) is 0 Å². The summed E-state index contributed by atoms with van der Waals surface area (Å²) >= 11 is 0. The lowest BCUT2D eigenvalue weighted by Gasteiger charge is -2.45. The molecule has 14 atom stereocenters. The molecule has 3 saturated heterocycles. The average Bonchev–Trinajstić information content (AvgIpc) is 3.10. The Labute approximate surface area is 192 Å². The molecule has 16 nitrogen and oxygen atoms in total. The third kappa shape index (κ3) is 4.96. The van der Waals surface area contributed by atoms with Gasteiger partial charge in [-0.3, -0.25) is 0 Å². The van der Waals surface area contributed by atoms with Gasteiger partial charge in [-0.2, -0.15) is 0 Å². The molecule has 16 heteroatoms. The van der Waals surface area contributed by atoms with Gasteiger partial charge in [-0.25, -0.2) is 0 Å². The van der Waals surface area contributed by atoms with Gasteiger partial charge in [-0.05, 0) is 0 Å². The van der Waals surface area contributed by atoms with Crippen LogP contribution in [0.2, 0.25) is 0 Å². The van der Waals surface area contributed by atoms with Gasteiger partial charge in [0.05, 0.1) is 19.8 Å². The van der Waals surface area contributed by atoms with Crippen LogP contribution in [0.3, 0.4) is 0 Å². The molecule has 0 aromatic heterocycles. The van der Waals surface area contributed by atoms with Crippen molar-refractivity contribution in [2.24, 2.45) is 0 Å². The summed E-state index contributed by atoms with van der Waals surface area (Å²) in [4.78, 5) is 0. The molecular weight excluding hydrogens is 472 g/mol. The minimum Gasteiger partial charge on any atom is -0.394 e. The second-order valence-corrected chi connectivity index (χ2v) is 8.37. The highest BCUT2D eigenvalue weighted by atomic mass is 16.8. The van der Waals surface area contributed by atoms with Gasteiger partial charge in [0.15, 0.2) is 12.6 Å². The lowest BCUT2D eigenvalue weighted by Crippen LogP contribution is -2.64. The van der Waals surface area contributed by atoms with Gasteiger partial charge in [0.2, 0.25) is 5.79 Å². The predicted octanol–water partition coefficient (Wildman–Crippen LogP) is -7.57. The maximum atomic E-state index is 10.6.